The third kappa shape index (κ3) is 1.66. The standard InChI is InChI=1S/C7H6FNO2/c8-6-2-1-3-7(10)5(6)4-11-9/h1-3,10H,4H2. The van der Waals surface area contributed by atoms with E-state index in [2.05, 4.69) is 4.84 Å². The van der Waals surface area contributed by atoms with E-state index in [1.807, 2.05) is 0 Å². The Labute approximate surface area is 63.2 Å². The Morgan fingerprint density at radius 3 is 2.82 bits per heavy atom. The van der Waals surface area contributed by atoms with E-state index >= 15 is 0 Å². The van der Waals surface area contributed by atoms with Gasteiger partial charge in [-0.05, 0) is 12.1 Å². The summed E-state index contributed by atoms with van der Waals surface area (Å²) in [6.45, 7) is -0.349. The predicted molar refractivity (Wildman–Crippen MR) is 35.0 cm³/mol. The molecular weight excluding hydrogens is 149 g/mol. The second-order valence-corrected chi connectivity index (χ2v) is 2.01. The van der Waals surface area contributed by atoms with Crippen molar-refractivity contribution < 1.29 is 14.3 Å². The summed E-state index contributed by atoms with van der Waals surface area (Å²) in [5.74, 6) is 7.17. The summed E-state index contributed by atoms with van der Waals surface area (Å²) in [4.78, 5) is 3.69. The minimum Gasteiger partial charge on any atom is -0.507 e. The minimum atomic E-state index is -0.598. The zero-order valence-corrected chi connectivity index (χ0v) is 5.62. The van der Waals surface area contributed by atoms with E-state index in [-0.39, 0.29) is 17.9 Å². The first-order valence-electron chi connectivity index (χ1n) is 2.98. The van der Waals surface area contributed by atoms with Gasteiger partial charge in [0.05, 0.1) is 5.56 Å². The first-order valence-corrected chi connectivity index (χ1v) is 2.98. The van der Waals surface area contributed by atoms with Crippen molar-refractivity contribution in [2.24, 2.45) is 0 Å². The molecule has 58 valence electrons. The van der Waals surface area contributed by atoms with Crippen molar-refractivity contribution >= 4 is 0 Å². The molecule has 1 aromatic carbocycles. The van der Waals surface area contributed by atoms with Gasteiger partial charge in [0.25, 0.3) is 0 Å². The SMILES string of the molecule is [N]OCc1c(O)cccc1F. The number of halogens is 1. The summed E-state index contributed by atoms with van der Waals surface area (Å²) >= 11 is 0. The summed E-state index contributed by atoms with van der Waals surface area (Å²) in [5, 5.41) is 8.99. The van der Waals surface area contributed by atoms with Crippen LogP contribution in [-0.2, 0) is 11.4 Å². The van der Waals surface area contributed by atoms with Crippen LogP contribution in [0.2, 0.25) is 0 Å². The highest BCUT2D eigenvalue weighted by Gasteiger charge is 2.06. The van der Waals surface area contributed by atoms with Crippen molar-refractivity contribution in [2.75, 3.05) is 0 Å². The van der Waals surface area contributed by atoms with Crippen LogP contribution in [0.5, 0.6) is 5.75 Å². The molecule has 1 rings (SSSR count). The maximum absolute atomic E-state index is 12.7. The van der Waals surface area contributed by atoms with E-state index in [0.717, 1.165) is 0 Å². The first kappa shape index (κ1) is 7.97. The van der Waals surface area contributed by atoms with E-state index in [0.29, 0.717) is 0 Å². The smallest absolute Gasteiger partial charge is 0.132 e. The highest BCUT2D eigenvalue weighted by atomic mass is 19.1. The average molecular weight is 155 g/mol. The first-order chi connectivity index (χ1) is 5.25. The lowest BCUT2D eigenvalue weighted by molar-refractivity contribution is 0.100. The molecule has 11 heavy (non-hydrogen) atoms. The van der Waals surface area contributed by atoms with Crippen LogP contribution in [0.15, 0.2) is 18.2 Å². The summed E-state index contributed by atoms with van der Waals surface area (Å²) in [6, 6.07) is 3.86. The lowest BCUT2D eigenvalue weighted by Gasteiger charge is -2.01. The summed E-state index contributed by atoms with van der Waals surface area (Å²) < 4.78 is 12.7. The Morgan fingerprint density at radius 2 is 2.27 bits per heavy atom. The summed E-state index contributed by atoms with van der Waals surface area (Å²) in [5.41, 5.74) is -0.0463. The molecule has 0 aromatic heterocycles. The minimum absolute atomic E-state index is 0.0463. The fraction of sp³-hybridized carbons (Fsp3) is 0.143. The molecule has 2 radical (unpaired) electrons. The Morgan fingerprint density at radius 1 is 1.55 bits per heavy atom. The van der Waals surface area contributed by atoms with Crippen molar-refractivity contribution in [3.05, 3.63) is 29.6 Å². The normalized spacial score (nSPS) is 10.0. The molecule has 0 saturated heterocycles. The number of benzene rings is 1. The van der Waals surface area contributed by atoms with Crippen LogP contribution in [0.4, 0.5) is 4.39 Å². The van der Waals surface area contributed by atoms with Crippen LogP contribution in [-0.4, -0.2) is 5.11 Å². The Balaban J connectivity index is 3.00. The molecule has 1 N–H and O–H groups in total. The van der Waals surface area contributed by atoms with Gasteiger partial charge in [-0.25, -0.2) is 4.39 Å². The van der Waals surface area contributed by atoms with Crippen molar-refractivity contribution in [1.29, 1.82) is 0 Å². The van der Waals surface area contributed by atoms with Gasteiger partial charge in [0.1, 0.15) is 18.2 Å². The number of hydrogen-bond donors (Lipinski definition) is 1. The highest BCUT2D eigenvalue weighted by molar-refractivity contribution is 5.32. The molecule has 0 amide bonds. The summed E-state index contributed by atoms with van der Waals surface area (Å²) in [7, 11) is 0. The van der Waals surface area contributed by atoms with E-state index < -0.39 is 5.82 Å². The average Bonchev–Trinajstić information content (AvgIpc) is 1.97. The van der Waals surface area contributed by atoms with Crippen LogP contribution < -0.4 is 5.90 Å². The quantitative estimate of drug-likeness (QED) is 0.648. The number of hydrogen-bond acceptors (Lipinski definition) is 2. The molecule has 0 spiro atoms. The van der Waals surface area contributed by atoms with Crippen LogP contribution in [0.3, 0.4) is 0 Å². The molecule has 0 aliphatic rings. The number of rotatable bonds is 2. The lowest BCUT2D eigenvalue weighted by Crippen LogP contribution is -1.93. The van der Waals surface area contributed by atoms with Crippen LogP contribution >= 0.6 is 0 Å². The summed E-state index contributed by atoms with van der Waals surface area (Å²) in [6.07, 6.45) is 0. The molecule has 0 aliphatic heterocycles. The Hall–Kier alpha value is -1.13. The molecule has 0 saturated carbocycles. The van der Waals surface area contributed by atoms with Gasteiger partial charge >= 0.3 is 0 Å². The van der Waals surface area contributed by atoms with Gasteiger partial charge in [-0.3, -0.25) is 4.84 Å². The van der Waals surface area contributed by atoms with Crippen molar-refractivity contribution in [1.82, 2.24) is 5.90 Å². The molecule has 0 bridgehead atoms. The number of nitrogens with zero attached hydrogens (tertiary/aromatic N) is 1. The topological polar surface area (TPSA) is 51.8 Å². The van der Waals surface area contributed by atoms with Gasteiger partial charge in [0, 0.05) is 5.90 Å². The predicted octanol–water partition coefficient (Wildman–Crippen LogP) is 1.03. The molecule has 3 nitrogen and oxygen atoms in total. The van der Waals surface area contributed by atoms with E-state index in [9.17, 15) is 4.39 Å². The van der Waals surface area contributed by atoms with Crippen LogP contribution in [0, 0.1) is 5.82 Å². The Kier molecular flexibility index (Phi) is 2.40. The Bertz CT molecular complexity index is 232. The highest BCUT2D eigenvalue weighted by Crippen LogP contribution is 2.19. The molecule has 0 fully saturated rings. The van der Waals surface area contributed by atoms with Gasteiger partial charge in [-0.1, -0.05) is 6.07 Å². The second-order valence-electron chi connectivity index (χ2n) is 2.01. The molecule has 0 atom stereocenters. The monoisotopic (exact) mass is 155 g/mol. The zero-order valence-electron chi connectivity index (χ0n) is 5.62. The van der Waals surface area contributed by atoms with Gasteiger partial charge in [-0.2, -0.15) is 0 Å². The fourth-order valence-electron chi connectivity index (χ4n) is 0.755. The number of aromatic hydroxyl groups is 1. The third-order valence-corrected chi connectivity index (χ3v) is 1.30. The van der Waals surface area contributed by atoms with Crippen molar-refractivity contribution in [2.45, 2.75) is 6.61 Å². The van der Waals surface area contributed by atoms with Crippen molar-refractivity contribution in [3.63, 3.8) is 0 Å². The maximum Gasteiger partial charge on any atom is 0.132 e. The van der Waals surface area contributed by atoms with Crippen LogP contribution in [0.25, 0.3) is 0 Å². The van der Waals surface area contributed by atoms with Gasteiger partial charge < -0.3 is 5.11 Å². The molecule has 0 unspecified atom stereocenters. The van der Waals surface area contributed by atoms with Gasteiger partial charge in [-0.15, -0.1) is 0 Å². The fourth-order valence-corrected chi connectivity index (χ4v) is 0.755. The lowest BCUT2D eigenvalue weighted by atomic mass is 10.2. The zero-order chi connectivity index (χ0) is 8.27. The molecule has 1 aromatic rings. The van der Waals surface area contributed by atoms with Gasteiger partial charge in [0.15, 0.2) is 0 Å². The molecule has 0 aliphatic carbocycles. The van der Waals surface area contributed by atoms with E-state index in [4.69, 9.17) is 11.0 Å². The number of phenols is 1. The maximum atomic E-state index is 12.7. The largest absolute Gasteiger partial charge is 0.507 e. The second kappa shape index (κ2) is 3.32. The third-order valence-electron chi connectivity index (χ3n) is 1.30. The molecular formula is C7H6FNO2. The van der Waals surface area contributed by atoms with E-state index in [1.165, 1.54) is 18.2 Å². The molecule has 0 heterocycles. The van der Waals surface area contributed by atoms with Gasteiger partial charge in [0.2, 0.25) is 0 Å². The number of phenolic OH excluding ortho intramolecular Hbond substituents is 1. The van der Waals surface area contributed by atoms with Crippen molar-refractivity contribution in [3.8, 4) is 5.75 Å². The van der Waals surface area contributed by atoms with E-state index in [1.54, 1.807) is 0 Å². The van der Waals surface area contributed by atoms with Crippen LogP contribution in [0.1, 0.15) is 5.56 Å². The molecule has 4 heteroatoms.